The fraction of sp³-hybridized carbons (Fsp3) is 0.600. The van der Waals surface area contributed by atoms with Gasteiger partial charge in [-0.1, -0.05) is 12.5 Å². The molecule has 1 fully saturated rings. The first-order valence-electron chi connectivity index (χ1n) is 6.95. The van der Waals surface area contributed by atoms with Gasteiger partial charge in [0.1, 0.15) is 5.75 Å². The molecule has 1 heterocycles. The fourth-order valence-electron chi connectivity index (χ4n) is 2.78. The summed E-state index contributed by atoms with van der Waals surface area (Å²) in [7, 11) is 3.74. The molecule has 0 aromatic heterocycles. The van der Waals surface area contributed by atoms with Crippen molar-refractivity contribution in [1.29, 1.82) is 0 Å². The first kappa shape index (κ1) is 14.8. The number of rotatable bonds is 5. The van der Waals surface area contributed by atoms with Crippen molar-refractivity contribution in [3.05, 3.63) is 28.2 Å². The van der Waals surface area contributed by atoms with Crippen LogP contribution in [0, 0.1) is 0 Å². The van der Waals surface area contributed by atoms with Crippen molar-refractivity contribution in [1.82, 2.24) is 10.2 Å². The Morgan fingerprint density at radius 2 is 2.26 bits per heavy atom. The monoisotopic (exact) mass is 326 g/mol. The van der Waals surface area contributed by atoms with Gasteiger partial charge in [0.05, 0.1) is 11.6 Å². The number of piperidine rings is 1. The Bertz CT molecular complexity index is 409. The molecule has 1 saturated heterocycles. The molecule has 0 bridgehead atoms. The zero-order valence-corrected chi connectivity index (χ0v) is 13.4. The lowest BCUT2D eigenvalue weighted by atomic mass is 10.0. The molecule has 3 nitrogen and oxygen atoms in total. The van der Waals surface area contributed by atoms with Gasteiger partial charge in [-0.25, -0.2) is 0 Å². The highest BCUT2D eigenvalue weighted by Crippen LogP contribution is 2.27. The summed E-state index contributed by atoms with van der Waals surface area (Å²) in [6.45, 7) is 3.31. The maximum atomic E-state index is 5.28. The van der Waals surface area contributed by atoms with E-state index in [4.69, 9.17) is 4.74 Å². The molecule has 0 spiro atoms. The second kappa shape index (κ2) is 7.27. The van der Waals surface area contributed by atoms with Gasteiger partial charge in [0.15, 0.2) is 0 Å². The SMILES string of the molecule is CNCC1CCCCN1Cc1ccc(OC)c(Br)c1. The number of methoxy groups -OCH3 is 1. The number of benzene rings is 1. The second-order valence-electron chi connectivity index (χ2n) is 5.15. The van der Waals surface area contributed by atoms with E-state index in [-0.39, 0.29) is 0 Å². The topological polar surface area (TPSA) is 24.5 Å². The molecule has 1 N–H and O–H groups in total. The Balaban J connectivity index is 2.04. The zero-order valence-electron chi connectivity index (χ0n) is 11.8. The number of hydrogen-bond acceptors (Lipinski definition) is 3. The minimum absolute atomic E-state index is 0.666. The summed E-state index contributed by atoms with van der Waals surface area (Å²) in [4.78, 5) is 2.59. The van der Waals surface area contributed by atoms with Gasteiger partial charge in [-0.15, -0.1) is 0 Å². The molecular formula is C15H23BrN2O. The van der Waals surface area contributed by atoms with Crippen molar-refractivity contribution >= 4 is 15.9 Å². The number of hydrogen-bond donors (Lipinski definition) is 1. The molecule has 4 heteroatoms. The van der Waals surface area contributed by atoms with E-state index in [1.807, 2.05) is 13.1 Å². The third kappa shape index (κ3) is 3.94. The van der Waals surface area contributed by atoms with E-state index in [1.54, 1.807) is 7.11 Å². The van der Waals surface area contributed by atoms with E-state index in [0.717, 1.165) is 23.3 Å². The van der Waals surface area contributed by atoms with E-state index >= 15 is 0 Å². The van der Waals surface area contributed by atoms with Gasteiger partial charge in [0.2, 0.25) is 0 Å². The highest BCUT2D eigenvalue weighted by Gasteiger charge is 2.21. The van der Waals surface area contributed by atoms with E-state index in [0.29, 0.717) is 6.04 Å². The summed E-state index contributed by atoms with van der Waals surface area (Å²) in [6, 6.07) is 7.04. The van der Waals surface area contributed by atoms with Gasteiger partial charge in [-0.2, -0.15) is 0 Å². The van der Waals surface area contributed by atoms with Gasteiger partial charge in [-0.3, -0.25) is 4.90 Å². The molecule has 1 aromatic rings. The minimum Gasteiger partial charge on any atom is -0.496 e. The zero-order chi connectivity index (χ0) is 13.7. The summed E-state index contributed by atoms with van der Waals surface area (Å²) in [6.07, 6.45) is 3.98. The lowest BCUT2D eigenvalue weighted by molar-refractivity contribution is 0.139. The molecule has 1 aliphatic heterocycles. The van der Waals surface area contributed by atoms with Crippen LogP contribution in [0.4, 0.5) is 0 Å². The van der Waals surface area contributed by atoms with Gasteiger partial charge < -0.3 is 10.1 Å². The molecule has 0 saturated carbocycles. The molecule has 2 rings (SSSR count). The van der Waals surface area contributed by atoms with Crippen molar-refractivity contribution in [2.45, 2.75) is 31.8 Å². The summed E-state index contributed by atoms with van der Waals surface area (Å²) in [5.74, 6) is 0.897. The smallest absolute Gasteiger partial charge is 0.133 e. The van der Waals surface area contributed by atoms with Crippen LogP contribution >= 0.6 is 15.9 Å². The second-order valence-corrected chi connectivity index (χ2v) is 6.00. The van der Waals surface area contributed by atoms with Gasteiger partial charge >= 0.3 is 0 Å². The summed E-state index contributed by atoms with van der Waals surface area (Å²) in [5.41, 5.74) is 1.34. The number of likely N-dealkylation sites (tertiary alicyclic amines) is 1. The average molecular weight is 327 g/mol. The maximum absolute atomic E-state index is 5.28. The average Bonchev–Trinajstić information content (AvgIpc) is 2.41. The van der Waals surface area contributed by atoms with E-state index in [9.17, 15) is 0 Å². The van der Waals surface area contributed by atoms with Gasteiger partial charge in [-0.05, 0) is 60.1 Å². The predicted octanol–water partition coefficient (Wildman–Crippen LogP) is 3.03. The quantitative estimate of drug-likeness (QED) is 0.900. The molecule has 1 atom stereocenters. The van der Waals surface area contributed by atoms with Crippen LogP contribution in [0.25, 0.3) is 0 Å². The third-order valence-corrected chi connectivity index (χ3v) is 4.41. The van der Waals surface area contributed by atoms with Crippen molar-refractivity contribution in [3.8, 4) is 5.75 Å². The van der Waals surface area contributed by atoms with Gasteiger partial charge in [0.25, 0.3) is 0 Å². The van der Waals surface area contributed by atoms with E-state index in [1.165, 1.54) is 31.4 Å². The summed E-state index contributed by atoms with van der Waals surface area (Å²) >= 11 is 3.56. The lowest BCUT2D eigenvalue weighted by Gasteiger charge is -2.35. The number of nitrogens with one attached hydrogen (secondary N) is 1. The Morgan fingerprint density at radius 3 is 2.95 bits per heavy atom. The minimum atomic E-state index is 0.666. The molecule has 0 amide bonds. The maximum Gasteiger partial charge on any atom is 0.133 e. The van der Waals surface area contributed by atoms with Gasteiger partial charge in [0, 0.05) is 19.1 Å². The third-order valence-electron chi connectivity index (χ3n) is 3.79. The van der Waals surface area contributed by atoms with Crippen molar-refractivity contribution in [2.24, 2.45) is 0 Å². The van der Waals surface area contributed by atoms with Crippen LogP contribution < -0.4 is 10.1 Å². The normalized spacial score (nSPS) is 20.5. The number of ether oxygens (including phenoxy) is 1. The van der Waals surface area contributed by atoms with Crippen LogP contribution in [0.3, 0.4) is 0 Å². The highest BCUT2D eigenvalue weighted by molar-refractivity contribution is 9.10. The Labute approximate surface area is 124 Å². The predicted molar refractivity (Wildman–Crippen MR) is 82.7 cm³/mol. The fourth-order valence-corrected chi connectivity index (χ4v) is 3.37. The van der Waals surface area contributed by atoms with Crippen molar-refractivity contribution in [2.75, 3.05) is 27.2 Å². The van der Waals surface area contributed by atoms with Crippen molar-refractivity contribution < 1.29 is 4.74 Å². The first-order chi connectivity index (χ1) is 9.24. The molecule has 1 aliphatic rings. The number of likely N-dealkylation sites (N-methyl/N-ethyl adjacent to an activating group) is 1. The highest BCUT2D eigenvalue weighted by atomic mass is 79.9. The van der Waals surface area contributed by atoms with Crippen LogP contribution in [0.1, 0.15) is 24.8 Å². The summed E-state index contributed by atoms with van der Waals surface area (Å²) < 4.78 is 6.32. The molecule has 1 unspecified atom stereocenters. The molecule has 0 aliphatic carbocycles. The number of halogens is 1. The standard InChI is InChI=1S/C15H23BrN2O/c1-17-10-13-5-3-4-8-18(13)11-12-6-7-15(19-2)14(16)9-12/h6-7,9,13,17H,3-5,8,10-11H2,1-2H3. The van der Waals surface area contributed by atoms with E-state index in [2.05, 4.69) is 38.3 Å². The Hall–Kier alpha value is -0.580. The van der Waals surface area contributed by atoms with Crippen molar-refractivity contribution in [3.63, 3.8) is 0 Å². The summed E-state index contributed by atoms with van der Waals surface area (Å²) in [5, 5.41) is 3.31. The van der Waals surface area contributed by atoms with E-state index < -0.39 is 0 Å². The molecular weight excluding hydrogens is 304 g/mol. The number of nitrogens with zero attached hydrogens (tertiary/aromatic N) is 1. The Morgan fingerprint density at radius 1 is 1.42 bits per heavy atom. The molecule has 1 aromatic carbocycles. The molecule has 19 heavy (non-hydrogen) atoms. The molecule has 106 valence electrons. The van der Waals surface area contributed by atoms with Crippen LogP contribution in [-0.4, -0.2) is 38.2 Å². The lowest BCUT2D eigenvalue weighted by Crippen LogP contribution is -2.44. The van der Waals surface area contributed by atoms with Crippen LogP contribution in [0.2, 0.25) is 0 Å². The largest absolute Gasteiger partial charge is 0.496 e. The first-order valence-corrected chi connectivity index (χ1v) is 7.75. The molecule has 0 radical (unpaired) electrons. The van der Waals surface area contributed by atoms with Crippen LogP contribution in [-0.2, 0) is 6.54 Å². The Kier molecular flexibility index (Phi) is 5.67. The van der Waals surface area contributed by atoms with Crippen LogP contribution in [0.15, 0.2) is 22.7 Å². The van der Waals surface area contributed by atoms with Crippen LogP contribution in [0.5, 0.6) is 5.75 Å².